The summed E-state index contributed by atoms with van der Waals surface area (Å²) in [4.78, 5) is 21.5. The van der Waals surface area contributed by atoms with Gasteiger partial charge in [0, 0.05) is 43.5 Å². The Morgan fingerprint density at radius 1 is 1.00 bits per heavy atom. The molecule has 4 nitrogen and oxygen atoms in total. The number of carbonyl (C=O) groups excluding carboxylic acids is 1. The van der Waals surface area contributed by atoms with Gasteiger partial charge in [0.05, 0.1) is 12.2 Å². The molecular weight excluding hydrogens is 421 g/mol. The Hall–Kier alpha value is -2.28. The molecule has 2 aromatic carbocycles. The van der Waals surface area contributed by atoms with E-state index in [0.29, 0.717) is 6.42 Å². The van der Waals surface area contributed by atoms with Gasteiger partial charge in [0.2, 0.25) is 5.91 Å². The Bertz CT molecular complexity index is 941. The number of aromatic nitrogens is 1. The SMILES string of the molecule is Cl.O=C(CCc1ccccc1)N1CCN(Cc2nc(-c3ccc(F)cc3)cs2)CC1. The average molecular weight is 446 g/mol. The van der Waals surface area contributed by atoms with Crippen LogP contribution >= 0.6 is 23.7 Å². The predicted octanol–water partition coefficient (Wildman–Crippen LogP) is 4.65. The Balaban J connectivity index is 0.00000256. The zero-order chi connectivity index (χ0) is 20.1. The highest BCUT2D eigenvalue weighted by molar-refractivity contribution is 7.09. The lowest BCUT2D eigenvalue weighted by Crippen LogP contribution is -2.48. The lowest BCUT2D eigenvalue weighted by molar-refractivity contribution is -0.133. The van der Waals surface area contributed by atoms with Crippen molar-refractivity contribution in [3.05, 3.63) is 76.4 Å². The van der Waals surface area contributed by atoms with Gasteiger partial charge in [0.15, 0.2) is 0 Å². The van der Waals surface area contributed by atoms with E-state index in [1.807, 2.05) is 28.5 Å². The van der Waals surface area contributed by atoms with E-state index >= 15 is 0 Å². The number of hydrogen-bond acceptors (Lipinski definition) is 4. The van der Waals surface area contributed by atoms with Crippen LogP contribution in [0, 0.1) is 5.82 Å². The molecule has 0 aliphatic carbocycles. The normalized spacial score (nSPS) is 14.4. The van der Waals surface area contributed by atoms with Gasteiger partial charge in [-0.15, -0.1) is 23.7 Å². The number of piperazine rings is 1. The lowest BCUT2D eigenvalue weighted by atomic mass is 10.1. The number of halogens is 2. The fourth-order valence-corrected chi connectivity index (χ4v) is 4.38. The number of amides is 1. The third-order valence-electron chi connectivity index (χ3n) is 5.25. The largest absolute Gasteiger partial charge is 0.340 e. The number of aryl methyl sites for hydroxylation is 1. The highest BCUT2D eigenvalue weighted by atomic mass is 35.5. The number of nitrogens with zero attached hydrogens (tertiary/aromatic N) is 3. The minimum atomic E-state index is -0.236. The molecule has 158 valence electrons. The average Bonchev–Trinajstić information content (AvgIpc) is 3.22. The molecule has 7 heteroatoms. The van der Waals surface area contributed by atoms with E-state index in [1.165, 1.54) is 17.7 Å². The maximum atomic E-state index is 13.1. The Morgan fingerprint density at radius 2 is 1.70 bits per heavy atom. The summed E-state index contributed by atoms with van der Waals surface area (Å²) < 4.78 is 13.1. The van der Waals surface area contributed by atoms with Gasteiger partial charge < -0.3 is 4.90 Å². The summed E-state index contributed by atoms with van der Waals surface area (Å²) >= 11 is 1.63. The topological polar surface area (TPSA) is 36.4 Å². The molecule has 0 atom stereocenters. The molecule has 2 heterocycles. The zero-order valence-corrected chi connectivity index (χ0v) is 18.3. The predicted molar refractivity (Wildman–Crippen MR) is 121 cm³/mol. The van der Waals surface area contributed by atoms with Crippen LogP contribution < -0.4 is 0 Å². The molecule has 0 spiro atoms. The van der Waals surface area contributed by atoms with Crippen LogP contribution in [0.3, 0.4) is 0 Å². The van der Waals surface area contributed by atoms with E-state index < -0.39 is 0 Å². The van der Waals surface area contributed by atoms with E-state index in [0.717, 1.165) is 55.4 Å². The number of benzene rings is 2. The molecule has 0 bridgehead atoms. The fourth-order valence-electron chi connectivity index (χ4n) is 3.54. The van der Waals surface area contributed by atoms with Crippen molar-refractivity contribution < 1.29 is 9.18 Å². The van der Waals surface area contributed by atoms with Crippen molar-refractivity contribution in [2.45, 2.75) is 19.4 Å². The van der Waals surface area contributed by atoms with Crippen molar-refractivity contribution in [3.63, 3.8) is 0 Å². The van der Waals surface area contributed by atoms with E-state index in [9.17, 15) is 9.18 Å². The van der Waals surface area contributed by atoms with Crippen LogP contribution in [0.25, 0.3) is 11.3 Å². The number of hydrogen-bond donors (Lipinski definition) is 0. The van der Waals surface area contributed by atoms with Gasteiger partial charge in [-0.25, -0.2) is 9.37 Å². The Labute approximate surface area is 186 Å². The summed E-state index contributed by atoms with van der Waals surface area (Å²) in [6, 6.07) is 16.6. The third kappa shape index (κ3) is 5.88. The third-order valence-corrected chi connectivity index (χ3v) is 6.08. The van der Waals surface area contributed by atoms with E-state index in [2.05, 4.69) is 17.0 Å². The Kier molecular flexibility index (Phi) is 7.96. The second-order valence-corrected chi connectivity index (χ2v) is 8.22. The smallest absolute Gasteiger partial charge is 0.222 e. The number of thiazole rings is 1. The minimum Gasteiger partial charge on any atom is -0.340 e. The lowest BCUT2D eigenvalue weighted by Gasteiger charge is -2.34. The summed E-state index contributed by atoms with van der Waals surface area (Å²) in [5.41, 5.74) is 3.03. The first kappa shape index (κ1) is 22.4. The van der Waals surface area contributed by atoms with Gasteiger partial charge in [0.1, 0.15) is 10.8 Å². The molecule has 1 aromatic heterocycles. The highest BCUT2D eigenvalue weighted by Gasteiger charge is 2.21. The molecule has 1 amide bonds. The van der Waals surface area contributed by atoms with Gasteiger partial charge in [0.25, 0.3) is 0 Å². The minimum absolute atomic E-state index is 0. The summed E-state index contributed by atoms with van der Waals surface area (Å²) in [7, 11) is 0. The summed E-state index contributed by atoms with van der Waals surface area (Å²) in [5.74, 6) is 0.00161. The second-order valence-electron chi connectivity index (χ2n) is 7.28. The summed E-state index contributed by atoms with van der Waals surface area (Å²) in [5, 5.41) is 3.07. The van der Waals surface area contributed by atoms with Crippen LogP contribution in [0.1, 0.15) is 17.0 Å². The summed E-state index contributed by atoms with van der Waals surface area (Å²) in [6.45, 7) is 4.05. The molecule has 1 fully saturated rings. The molecule has 3 aromatic rings. The van der Waals surface area contributed by atoms with Gasteiger partial charge in [-0.05, 0) is 36.2 Å². The van der Waals surface area contributed by atoms with Crippen molar-refractivity contribution in [3.8, 4) is 11.3 Å². The van der Waals surface area contributed by atoms with Gasteiger partial charge in [-0.3, -0.25) is 9.69 Å². The van der Waals surface area contributed by atoms with Gasteiger partial charge >= 0.3 is 0 Å². The number of carbonyl (C=O) groups is 1. The monoisotopic (exact) mass is 445 g/mol. The van der Waals surface area contributed by atoms with Crippen LogP contribution in [0.5, 0.6) is 0 Å². The van der Waals surface area contributed by atoms with E-state index in [-0.39, 0.29) is 24.1 Å². The molecular formula is C23H25ClFN3OS. The van der Waals surface area contributed by atoms with Crippen LogP contribution in [0.15, 0.2) is 60.0 Å². The summed E-state index contributed by atoms with van der Waals surface area (Å²) in [6.07, 6.45) is 1.36. The molecule has 1 aliphatic heterocycles. The molecule has 30 heavy (non-hydrogen) atoms. The van der Waals surface area contributed by atoms with Crippen LogP contribution in [-0.4, -0.2) is 46.9 Å². The van der Waals surface area contributed by atoms with Crippen LogP contribution in [-0.2, 0) is 17.8 Å². The van der Waals surface area contributed by atoms with Crippen molar-refractivity contribution in [1.82, 2.24) is 14.8 Å². The van der Waals surface area contributed by atoms with E-state index in [4.69, 9.17) is 4.98 Å². The molecule has 0 N–H and O–H groups in total. The van der Waals surface area contributed by atoms with Crippen molar-refractivity contribution in [2.24, 2.45) is 0 Å². The van der Waals surface area contributed by atoms with Crippen LogP contribution in [0.4, 0.5) is 4.39 Å². The van der Waals surface area contributed by atoms with Crippen molar-refractivity contribution >= 4 is 29.7 Å². The first-order valence-corrected chi connectivity index (χ1v) is 10.8. The van der Waals surface area contributed by atoms with E-state index in [1.54, 1.807) is 23.5 Å². The molecule has 0 saturated carbocycles. The quantitative estimate of drug-likeness (QED) is 0.554. The molecule has 0 unspecified atom stereocenters. The van der Waals surface area contributed by atoms with Crippen LogP contribution in [0.2, 0.25) is 0 Å². The highest BCUT2D eigenvalue weighted by Crippen LogP contribution is 2.23. The zero-order valence-electron chi connectivity index (χ0n) is 16.7. The Morgan fingerprint density at radius 3 is 2.40 bits per heavy atom. The molecule has 4 rings (SSSR count). The maximum Gasteiger partial charge on any atom is 0.222 e. The second kappa shape index (κ2) is 10.7. The molecule has 1 saturated heterocycles. The molecule has 1 aliphatic rings. The van der Waals surface area contributed by atoms with Gasteiger partial charge in [-0.2, -0.15) is 0 Å². The first-order valence-electron chi connectivity index (χ1n) is 9.92. The number of rotatable bonds is 6. The molecule has 0 radical (unpaired) electrons. The van der Waals surface area contributed by atoms with Crippen molar-refractivity contribution in [1.29, 1.82) is 0 Å². The van der Waals surface area contributed by atoms with Gasteiger partial charge in [-0.1, -0.05) is 30.3 Å². The standard InChI is InChI=1S/C23H24FN3OS.ClH/c24-20-9-7-19(8-10-20)21-17-29-22(25-21)16-26-12-14-27(15-13-26)23(28)11-6-18-4-2-1-3-5-18;/h1-5,7-10,17H,6,11-16H2;1H. The van der Waals surface area contributed by atoms with Crippen molar-refractivity contribution in [2.75, 3.05) is 26.2 Å². The fraction of sp³-hybridized carbons (Fsp3) is 0.304. The first-order chi connectivity index (χ1) is 14.2. The maximum absolute atomic E-state index is 13.1.